The Bertz CT molecular complexity index is 604. The van der Waals surface area contributed by atoms with E-state index in [1.54, 1.807) is 20.8 Å². The second-order valence-corrected chi connectivity index (χ2v) is 8.47. The van der Waals surface area contributed by atoms with Crippen molar-refractivity contribution in [2.24, 2.45) is 0 Å². The lowest BCUT2D eigenvalue weighted by Gasteiger charge is -2.35. The van der Waals surface area contributed by atoms with Crippen molar-refractivity contribution in [1.29, 1.82) is 0 Å². The van der Waals surface area contributed by atoms with E-state index in [-0.39, 0.29) is 6.42 Å². The third kappa shape index (κ3) is 3.09. The van der Waals surface area contributed by atoms with E-state index in [1.165, 1.54) is 4.90 Å². The second-order valence-electron chi connectivity index (χ2n) is 6.47. The van der Waals surface area contributed by atoms with Crippen molar-refractivity contribution in [3.05, 3.63) is 11.0 Å². The number of carbonyl (C=O) groups excluding carboxylic acids is 1. The topological polar surface area (TPSA) is 63.7 Å². The molecular formula is C13H18F3NO4S. The first-order valence-corrected chi connectivity index (χ1v) is 8.34. The predicted molar refractivity (Wildman–Crippen MR) is 72.6 cm³/mol. The Morgan fingerprint density at radius 1 is 1.27 bits per heavy atom. The van der Waals surface area contributed by atoms with Gasteiger partial charge < -0.3 is 4.74 Å². The minimum atomic E-state index is -5.33. The van der Waals surface area contributed by atoms with E-state index >= 15 is 0 Å². The number of alkyl halides is 3. The number of halogens is 3. The van der Waals surface area contributed by atoms with Crippen molar-refractivity contribution in [1.82, 2.24) is 4.90 Å². The Morgan fingerprint density at radius 2 is 1.86 bits per heavy atom. The zero-order chi connectivity index (χ0) is 16.9. The van der Waals surface area contributed by atoms with Crippen LogP contribution in [0.15, 0.2) is 11.0 Å². The summed E-state index contributed by atoms with van der Waals surface area (Å²) in [6.07, 6.45) is 0.978. The largest absolute Gasteiger partial charge is 0.501 e. The highest BCUT2D eigenvalue weighted by Gasteiger charge is 2.52. The fourth-order valence-corrected chi connectivity index (χ4v) is 3.78. The van der Waals surface area contributed by atoms with Gasteiger partial charge in [-0.05, 0) is 39.7 Å². The Hall–Kier alpha value is -1.25. The molecule has 5 nitrogen and oxygen atoms in total. The van der Waals surface area contributed by atoms with Crippen LogP contribution in [0.1, 0.15) is 40.0 Å². The number of nitrogens with zero attached hydrogens (tertiary/aromatic N) is 1. The van der Waals surface area contributed by atoms with Gasteiger partial charge in [0.2, 0.25) is 0 Å². The smallest absolute Gasteiger partial charge is 0.444 e. The molecule has 0 N–H and O–H groups in total. The first-order chi connectivity index (χ1) is 9.83. The minimum Gasteiger partial charge on any atom is -0.444 e. The van der Waals surface area contributed by atoms with Gasteiger partial charge in [0.25, 0.3) is 9.84 Å². The molecule has 0 unspecified atom stereocenters. The fraction of sp³-hybridized carbons (Fsp3) is 0.769. The third-order valence-corrected chi connectivity index (χ3v) is 5.22. The standard InChI is InChI=1S/C13H18F3NO4S/c1-12(2,3)21-11(18)17-8-4-5-9(17)7-10(6-8)22(19,20)13(14,15)16/h6,8-9H,4-5,7H2,1-3H3/t8-,9-/m1/s1. The summed E-state index contributed by atoms with van der Waals surface area (Å²) in [6, 6.07) is -1.24. The van der Waals surface area contributed by atoms with Gasteiger partial charge in [-0.15, -0.1) is 0 Å². The maximum atomic E-state index is 12.6. The molecule has 126 valence electrons. The van der Waals surface area contributed by atoms with Gasteiger partial charge in [0.05, 0.1) is 10.9 Å². The molecule has 0 aliphatic carbocycles. The number of carbonyl (C=O) groups is 1. The van der Waals surface area contributed by atoms with Gasteiger partial charge in [-0.3, -0.25) is 4.90 Å². The van der Waals surface area contributed by atoms with Crippen molar-refractivity contribution >= 4 is 15.9 Å². The molecule has 0 radical (unpaired) electrons. The molecule has 1 fully saturated rings. The molecule has 22 heavy (non-hydrogen) atoms. The van der Waals surface area contributed by atoms with Crippen molar-refractivity contribution in [2.45, 2.75) is 63.2 Å². The maximum Gasteiger partial charge on any atom is 0.501 e. The summed E-state index contributed by atoms with van der Waals surface area (Å²) >= 11 is 0. The van der Waals surface area contributed by atoms with Crippen LogP contribution in [0.2, 0.25) is 0 Å². The quantitative estimate of drug-likeness (QED) is 0.735. The Labute approximate surface area is 127 Å². The molecule has 0 aromatic carbocycles. The highest BCUT2D eigenvalue weighted by atomic mass is 32.2. The lowest BCUT2D eigenvalue weighted by molar-refractivity contribution is -0.0428. The normalized spacial score (nSPS) is 25.9. The average molecular weight is 341 g/mol. The zero-order valence-electron chi connectivity index (χ0n) is 12.5. The number of sulfone groups is 1. The van der Waals surface area contributed by atoms with Crippen LogP contribution < -0.4 is 0 Å². The lowest BCUT2D eigenvalue weighted by Crippen LogP contribution is -2.46. The molecule has 0 aromatic rings. The summed E-state index contributed by atoms with van der Waals surface area (Å²) in [7, 11) is -5.33. The predicted octanol–water partition coefficient (Wildman–Crippen LogP) is 2.98. The molecular weight excluding hydrogens is 323 g/mol. The van der Waals surface area contributed by atoms with Crippen LogP contribution in [0.4, 0.5) is 18.0 Å². The summed E-state index contributed by atoms with van der Waals surface area (Å²) in [6.45, 7) is 5.06. The number of fused-ring (bicyclic) bond motifs is 2. The van der Waals surface area contributed by atoms with Crippen LogP contribution in [-0.4, -0.2) is 42.6 Å². The van der Waals surface area contributed by atoms with Gasteiger partial charge in [-0.2, -0.15) is 13.2 Å². The van der Waals surface area contributed by atoms with Crippen molar-refractivity contribution in [3.63, 3.8) is 0 Å². The summed E-state index contributed by atoms with van der Waals surface area (Å²) in [5, 5.41) is 0. The average Bonchev–Trinajstić information content (AvgIpc) is 2.56. The van der Waals surface area contributed by atoms with Crippen LogP contribution in [0, 0.1) is 0 Å². The van der Waals surface area contributed by atoms with E-state index < -0.39 is 44.0 Å². The number of amides is 1. The van der Waals surface area contributed by atoms with Crippen molar-refractivity contribution in [3.8, 4) is 0 Å². The molecule has 2 atom stereocenters. The maximum absolute atomic E-state index is 12.6. The van der Waals surface area contributed by atoms with Gasteiger partial charge in [0.15, 0.2) is 0 Å². The van der Waals surface area contributed by atoms with Gasteiger partial charge in [-0.25, -0.2) is 13.2 Å². The Kier molecular flexibility index (Phi) is 4.00. The molecule has 1 amide bonds. The summed E-state index contributed by atoms with van der Waals surface area (Å²) in [5.74, 6) is 0. The Morgan fingerprint density at radius 3 is 2.32 bits per heavy atom. The minimum absolute atomic E-state index is 0.322. The van der Waals surface area contributed by atoms with Crippen LogP contribution in [0.5, 0.6) is 0 Å². The number of hydrogen-bond acceptors (Lipinski definition) is 4. The molecule has 2 heterocycles. The van der Waals surface area contributed by atoms with E-state index in [9.17, 15) is 26.4 Å². The third-order valence-electron chi connectivity index (χ3n) is 3.62. The number of rotatable bonds is 1. The van der Waals surface area contributed by atoms with Crippen LogP contribution in [0.3, 0.4) is 0 Å². The zero-order valence-corrected chi connectivity index (χ0v) is 13.3. The molecule has 2 rings (SSSR count). The molecule has 0 spiro atoms. The first kappa shape index (κ1) is 17.1. The Balaban J connectivity index is 2.26. The molecule has 1 saturated heterocycles. The van der Waals surface area contributed by atoms with E-state index in [2.05, 4.69) is 0 Å². The fourth-order valence-electron chi connectivity index (χ4n) is 2.74. The summed E-state index contributed by atoms with van der Waals surface area (Å²) in [5.41, 5.74) is -6.04. The van der Waals surface area contributed by atoms with Crippen molar-refractivity contribution in [2.75, 3.05) is 0 Å². The molecule has 0 aromatic heterocycles. The number of hydrogen-bond donors (Lipinski definition) is 0. The van der Waals surface area contributed by atoms with Gasteiger partial charge in [0.1, 0.15) is 5.60 Å². The van der Waals surface area contributed by atoms with E-state index in [0.717, 1.165) is 6.08 Å². The number of ether oxygens (including phenoxy) is 1. The van der Waals surface area contributed by atoms with Crippen LogP contribution in [0.25, 0.3) is 0 Å². The second kappa shape index (κ2) is 5.14. The molecule has 0 saturated carbocycles. The van der Waals surface area contributed by atoms with Crippen molar-refractivity contribution < 1.29 is 31.1 Å². The van der Waals surface area contributed by atoms with E-state index in [4.69, 9.17) is 4.74 Å². The monoisotopic (exact) mass is 341 g/mol. The SMILES string of the molecule is CC(C)(C)OC(=O)N1[C@@H]2CC[C@@H]1C=C(S(=O)(=O)C(F)(F)F)C2. The summed E-state index contributed by atoms with van der Waals surface area (Å²) < 4.78 is 66.1. The highest BCUT2D eigenvalue weighted by Crippen LogP contribution is 2.41. The molecule has 2 bridgehead atoms. The summed E-state index contributed by atoms with van der Waals surface area (Å²) in [4.78, 5) is 12.8. The lowest BCUT2D eigenvalue weighted by atomic mass is 10.1. The van der Waals surface area contributed by atoms with Gasteiger partial charge >= 0.3 is 11.6 Å². The van der Waals surface area contributed by atoms with E-state index in [1.807, 2.05) is 0 Å². The molecule has 2 aliphatic rings. The highest BCUT2D eigenvalue weighted by molar-refractivity contribution is 7.96. The van der Waals surface area contributed by atoms with E-state index in [0.29, 0.717) is 12.8 Å². The molecule has 9 heteroatoms. The van der Waals surface area contributed by atoms with Crippen LogP contribution in [-0.2, 0) is 14.6 Å². The molecule has 2 aliphatic heterocycles. The van der Waals surface area contributed by atoms with Gasteiger partial charge in [0, 0.05) is 12.5 Å². The van der Waals surface area contributed by atoms with Crippen LogP contribution >= 0.6 is 0 Å². The van der Waals surface area contributed by atoms with Gasteiger partial charge in [-0.1, -0.05) is 0 Å². The first-order valence-electron chi connectivity index (χ1n) is 6.86.